The number of nitrogens with zero attached hydrogens (tertiary/aromatic N) is 2. The lowest BCUT2D eigenvalue weighted by atomic mass is 10.2. The fraction of sp³-hybridized carbons (Fsp3) is 0.400. The molecule has 3 nitrogen and oxygen atoms in total. The summed E-state index contributed by atoms with van der Waals surface area (Å²) in [6.07, 6.45) is 0.878. The van der Waals surface area contributed by atoms with E-state index in [0.29, 0.717) is 16.9 Å². The fourth-order valence-corrected chi connectivity index (χ4v) is 1.69. The normalized spacial score (nSPS) is 11.6. The van der Waals surface area contributed by atoms with E-state index < -0.39 is 0 Å². The number of rotatable bonds is 3. The molecule has 0 aliphatic rings. The van der Waals surface area contributed by atoms with Crippen molar-refractivity contribution < 1.29 is 0 Å². The van der Waals surface area contributed by atoms with Crippen LogP contribution in [0.3, 0.4) is 0 Å². The summed E-state index contributed by atoms with van der Waals surface area (Å²) in [6.45, 7) is 2.70. The Morgan fingerprint density at radius 2 is 2.00 bits per heavy atom. The minimum atomic E-state index is 0.408. The zero-order valence-electron chi connectivity index (χ0n) is 8.72. The zero-order chi connectivity index (χ0) is 11.3. The van der Waals surface area contributed by atoms with Gasteiger partial charge in [0, 0.05) is 20.0 Å². The van der Waals surface area contributed by atoms with Gasteiger partial charge in [0.15, 0.2) is 0 Å². The third-order valence-electron chi connectivity index (χ3n) is 1.92. The van der Waals surface area contributed by atoms with Crippen molar-refractivity contribution in [2.24, 2.45) is 4.99 Å². The maximum Gasteiger partial charge on any atom is 0.131 e. The summed E-state index contributed by atoms with van der Waals surface area (Å²) in [5, 5.41) is 4.01. The molecule has 1 aromatic rings. The van der Waals surface area contributed by atoms with Gasteiger partial charge in [0.2, 0.25) is 0 Å². The van der Waals surface area contributed by atoms with E-state index in [1.807, 2.05) is 6.92 Å². The number of hydrogen-bond donors (Lipinski definition) is 1. The maximum atomic E-state index is 5.78. The largest absolute Gasteiger partial charge is 0.370 e. The smallest absolute Gasteiger partial charge is 0.131 e. The van der Waals surface area contributed by atoms with E-state index in [-0.39, 0.29) is 0 Å². The highest BCUT2D eigenvalue weighted by Gasteiger charge is 2.00. The highest BCUT2D eigenvalue weighted by Crippen LogP contribution is 2.14. The Balaban J connectivity index is 2.65. The third-order valence-corrected chi connectivity index (χ3v) is 2.31. The Bertz CT molecular complexity index is 343. The molecule has 1 N–H and O–H groups in total. The van der Waals surface area contributed by atoms with Crippen LogP contribution in [0.25, 0.3) is 0 Å². The van der Waals surface area contributed by atoms with Crippen LogP contribution in [-0.4, -0.2) is 17.9 Å². The SMILES string of the molecule is CCC(=NC)NCc1cc(Cl)nc(Cl)c1. The summed E-state index contributed by atoms with van der Waals surface area (Å²) >= 11 is 11.6. The van der Waals surface area contributed by atoms with Gasteiger partial charge in [0.05, 0.1) is 5.84 Å². The molecule has 82 valence electrons. The summed E-state index contributed by atoms with van der Waals surface area (Å²) in [6, 6.07) is 3.56. The van der Waals surface area contributed by atoms with Gasteiger partial charge in [-0.1, -0.05) is 30.1 Å². The summed E-state index contributed by atoms with van der Waals surface area (Å²) in [5.74, 6) is 0.957. The molecule has 0 unspecified atom stereocenters. The van der Waals surface area contributed by atoms with Gasteiger partial charge in [-0.2, -0.15) is 0 Å². The van der Waals surface area contributed by atoms with Crippen molar-refractivity contribution in [3.8, 4) is 0 Å². The van der Waals surface area contributed by atoms with Crippen molar-refractivity contribution in [3.05, 3.63) is 28.0 Å². The van der Waals surface area contributed by atoms with Gasteiger partial charge in [-0.3, -0.25) is 4.99 Å². The van der Waals surface area contributed by atoms with E-state index in [0.717, 1.165) is 17.8 Å². The lowest BCUT2D eigenvalue weighted by Crippen LogP contribution is -2.21. The Kier molecular flexibility index (Phi) is 4.85. The third kappa shape index (κ3) is 4.06. The zero-order valence-corrected chi connectivity index (χ0v) is 10.2. The molecule has 15 heavy (non-hydrogen) atoms. The molecule has 0 saturated carbocycles. The average molecular weight is 246 g/mol. The van der Waals surface area contributed by atoms with Crippen molar-refractivity contribution in [2.45, 2.75) is 19.9 Å². The highest BCUT2D eigenvalue weighted by molar-refractivity contribution is 6.32. The lowest BCUT2D eigenvalue weighted by Gasteiger charge is -2.07. The number of nitrogens with one attached hydrogen (secondary N) is 1. The van der Waals surface area contributed by atoms with Crippen molar-refractivity contribution in [2.75, 3.05) is 7.05 Å². The summed E-state index contributed by atoms with van der Waals surface area (Å²) < 4.78 is 0. The van der Waals surface area contributed by atoms with Crippen LogP contribution >= 0.6 is 23.2 Å². The van der Waals surface area contributed by atoms with E-state index in [2.05, 4.69) is 15.3 Å². The molecular weight excluding hydrogens is 233 g/mol. The standard InChI is InChI=1S/C10H13Cl2N3/c1-3-10(13-2)14-6-7-4-8(11)15-9(12)5-7/h4-5H,3,6H2,1-2H3,(H,13,14). The first kappa shape index (κ1) is 12.3. The second kappa shape index (κ2) is 5.93. The van der Waals surface area contributed by atoms with Crippen molar-refractivity contribution in [3.63, 3.8) is 0 Å². The average Bonchev–Trinajstić information content (AvgIpc) is 2.18. The molecular formula is C10H13Cl2N3. The molecule has 1 heterocycles. The van der Waals surface area contributed by atoms with Crippen LogP contribution < -0.4 is 5.32 Å². The number of halogens is 2. The monoisotopic (exact) mass is 245 g/mol. The predicted octanol–water partition coefficient (Wildman–Crippen LogP) is 2.92. The molecule has 0 saturated heterocycles. The van der Waals surface area contributed by atoms with Crippen molar-refractivity contribution in [1.82, 2.24) is 10.3 Å². The van der Waals surface area contributed by atoms with Gasteiger partial charge in [0.25, 0.3) is 0 Å². The fourth-order valence-electron chi connectivity index (χ4n) is 1.18. The minimum absolute atomic E-state index is 0.408. The van der Waals surface area contributed by atoms with Crippen LogP contribution in [0.15, 0.2) is 17.1 Å². The van der Waals surface area contributed by atoms with Gasteiger partial charge in [-0.05, 0) is 17.7 Å². The number of amidine groups is 1. The number of aromatic nitrogens is 1. The van der Waals surface area contributed by atoms with Gasteiger partial charge >= 0.3 is 0 Å². The van der Waals surface area contributed by atoms with Crippen LogP contribution in [-0.2, 0) is 6.54 Å². The molecule has 0 spiro atoms. The number of aliphatic imine (C=N–C) groups is 1. The van der Waals surface area contributed by atoms with Gasteiger partial charge in [-0.25, -0.2) is 4.98 Å². The quantitative estimate of drug-likeness (QED) is 0.505. The van der Waals surface area contributed by atoms with Gasteiger partial charge < -0.3 is 5.32 Å². The Labute approximate surface area is 99.5 Å². The van der Waals surface area contributed by atoms with Crippen molar-refractivity contribution in [1.29, 1.82) is 0 Å². The van der Waals surface area contributed by atoms with E-state index in [4.69, 9.17) is 23.2 Å². The minimum Gasteiger partial charge on any atom is -0.370 e. The van der Waals surface area contributed by atoms with Crippen LogP contribution in [0.2, 0.25) is 10.3 Å². The maximum absolute atomic E-state index is 5.78. The Hall–Kier alpha value is -0.800. The highest BCUT2D eigenvalue weighted by atomic mass is 35.5. The molecule has 0 aliphatic heterocycles. The van der Waals surface area contributed by atoms with Crippen molar-refractivity contribution >= 4 is 29.0 Å². The molecule has 0 bridgehead atoms. The first-order valence-electron chi connectivity index (χ1n) is 4.67. The molecule has 5 heteroatoms. The molecule has 0 atom stereocenters. The van der Waals surface area contributed by atoms with E-state index >= 15 is 0 Å². The summed E-state index contributed by atoms with van der Waals surface area (Å²) in [5.41, 5.74) is 0.995. The first-order chi connectivity index (χ1) is 7.15. The molecule has 0 fully saturated rings. The van der Waals surface area contributed by atoms with E-state index in [1.54, 1.807) is 19.2 Å². The van der Waals surface area contributed by atoms with E-state index in [1.165, 1.54) is 0 Å². The molecule has 1 aromatic heterocycles. The van der Waals surface area contributed by atoms with Crippen LogP contribution in [0.4, 0.5) is 0 Å². The van der Waals surface area contributed by atoms with Crippen LogP contribution in [0, 0.1) is 0 Å². The molecule has 0 aliphatic carbocycles. The number of hydrogen-bond acceptors (Lipinski definition) is 2. The first-order valence-corrected chi connectivity index (χ1v) is 5.42. The Morgan fingerprint density at radius 1 is 1.40 bits per heavy atom. The molecule has 1 rings (SSSR count). The molecule has 0 aromatic carbocycles. The Morgan fingerprint density at radius 3 is 2.47 bits per heavy atom. The number of pyridine rings is 1. The molecule has 0 radical (unpaired) electrons. The van der Waals surface area contributed by atoms with Gasteiger partial charge in [0.1, 0.15) is 10.3 Å². The van der Waals surface area contributed by atoms with Crippen LogP contribution in [0.1, 0.15) is 18.9 Å². The second-order valence-corrected chi connectivity index (χ2v) is 3.77. The summed E-state index contributed by atoms with van der Waals surface area (Å²) in [7, 11) is 1.76. The predicted molar refractivity (Wildman–Crippen MR) is 64.7 cm³/mol. The topological polar surface area (TPSA) is 37.3 Å². The lowest BCUT2D eigenvalue weighted by molar-refractivity contribution is 0.883. The van der Waals surface area contributed by atoms with Crippen LogP contribution in [0.5, 0.6) is 0 Å². The van der Waals surface area contributed by atoms with E-state index in [9.17, 15) is 0 Å². The second-order valence-electron chi connectivity index (χ2n) is 3.00. The molecule has 0 amide bonds. The summed E-state index contributed by atoms with van der Waals surface area (Å²) in [4.78, 5) is 7.96. The van der Waals surface area contributed by atoms with Gasteiger partial charge in [-0.15, -0.1) is 0 Å².